The van der Waals surface area contributed by atoms with Crippen molar-refractivity contribution in [2.45, 2.75) is 19.9 Å². The zero-order valence-corrected chi connectivity index (χ0v) is 10.8. The smallest absolute Gasteiger partial charge is 0.326 e. The largest absolute Gasteiger partial charge is 0.480 e. The van der Waals surface area contributed by atoms with Crippen molar-refractivity contribution in [3.05, 3.63) is 0 Å². The lowest BCUT2D eigenvalue weighted by Crippen LogP contribution is -2.53. The second kappa shape index (κ2) is 7.19. The van der Waals surface area contributed by atoms with Crippen molar-refractivity contribution < 1.29 is 24.3 Å². The van der Waals surface area contributed by atoms with Gasteiger partial charge in [-0.25, -0.2) is 9.59 Å². The number of aliphatic carboxylic acids is 1. The molecular weight excluding hydrogens is 256 g/mol. The Morgan fingerprint density at radius 1 is 1.11 bits per heavy atom. The molecule has 108 valence electrons. The SMILES string of the molecule is CC(C)C(NC(=O)N(CC(N)=O)CC(N)=O)C(=O)O. The maximum atomic E-state index is 11.8. The van der Waals surface area contributed by atoms with Crippen LogP contribution in [-0.2, 0) is 14.4 Å². The fourth-order valence-electron chi connectivity index (χ4n) is 1.31. The number of carboxylic acids is 1. The van der Waals surface area contributed by atoms with E-state index in [-0.39, 0.29) is 5.92 Å². The lowest BCUT2D eigenvalue weighted by atomic mass is 10.1. The van der Waals surface area contributed by atoms with E-state index in [9.17, 15) is 19.2 Å². The average molecular weight is 274 g/mol. The normalized spacial score (nSPS) is 11.7. The summed E-state index contributed by atoms with van der Waals surface area (Å²) < 4.78 is 0. The van der Waals surface area contributed by atoms with Crippen LogP contribution in [0.2, 0.25) is 0 Å². The molecule has 0 bridgehead atoms. The van der Waals surface area contributed by atoms with Gasteiger partial charge in [0.25, 0.3) is 0 Å². The summed E-state index contributed by atoms with van der Waals surface area (Å²) in [5.74, 6) is -3.27. The van der Waals surface area contributed by atoms with Gasteiger partial charge in [-0.1, -0.05) is 13.8 Å². The van der Waals surface area contributed by atoms with Crippen LogP contribution in [0.4, 0.5) is 4.79 Å². The molecule has 19 heavy (non-hydrogen) atoms. The van der Waals surface area contributed by atoms with Crippen molar-refractivity contribution in [2.24, 2.45) is 17.4 Å². The van der Waals surface area contributed by atoms with E-state index in [0.717, 1.165) is 4.90 Å². The minimum absolute atomic E-state index is 0.370. The second-order valence-corrected chi connectivity index (χ2v) is 4.30. The molecule has 9 nitrogen and oxygen atoms in total. The molecule has 0 saturated heterocycles. The van der Waals surface area contributed by atoms with Gasteiger partial charge in [-0.15, -0.1) is 0 Å². The Kier molecular flexibility index (Phi) is 6.31. The summed E-state index contributed by atoms with van der Waals surface area (Å²) in [4.78, 5) is 45.0. The highest BCUT2D eigenvalue weighted by atomic mass is 16.4. The van der Waals surface area contributed by atoms with E-state index in [0.29, 0.717) is 0 Å². The van der Waals surface area contributed by atoms with Gasteiger partial charge in [0.05, 0.1) is 0 Å². The number of rotatable bonds is 7. The molecule has 4 amide bonds. The first-order valence-corrected chi connectivity index (χ1v) is 5.50. The third-order valence-electron chi connectivity index (χ3n) is 2.19. The van der Waals surface area contributed by atoms with Crippen LogP contribution in [0.5, 0.6) is 0 Å². The van der Waals surface area contributed by atoms with Crippen molar-refractivity contribution in [1.29, 1.82) is 0 Å². The molecule has 0 radical (unpaired) electrons. The number of primary amides is 2. The molecule has 0 rings (SSSR count). The van der Waals surface area contributed by atoms with E-state index in [4.69, 9.17) is 16.6 Å². The number of nitrogens with one attached hydrogen (secondary N) is 1. The summed E-state index contributed by atoms with van der Waals surface area (Å²) in [7, 11) is 0. The Hall–Kier alpha value is -2.32. The van der Waals surface area contributed by atoms with Crippen molar-refractivity contribution in [3.63, 3.8) is 0 Å². The first-order chi connectivity index (χ1) is 8.65. The van der Waals surface area contributed by atoms with Gasteiger partial charge in [-0.2, -0.15) is 0 Å². The molecule has 0 aromatic carbocycles. The molecule has 0 aliphatic carbocycles. The van der Waals surface area contributed by atoms with Crippen LogP contribution in [0.25, 0.3) is 0 Å². The standard InChI is InChI=1S/C10H18N4O5/c1-5(2)8(9(17)18)13-10(19)14(3-6(11)15)4-7(12)16/h5,8H,3-4H2,1-2H3,(H2,11,15)(H2,12,16)(H,13,19)(H,17,18). The highest BCUT2D eigenvalue weighted by Gasteiger charge is 2.27. The summed E-state index contributed by atoms with van der Waals surface area (Å²) in [6.07, 6.45) is 0. The van der Waals surface area contributed by atoms with Gasteiger partial charge in [-0.3, -0.25) is 9.59 Å². The van der Waals surface area contributed by atoms with E-state index < -0.39 is 42.9 Å². The number of nitrogens with zero attached hydrogens (tertiary/aromatic N) is 1. The summed E-state index contributed by atoms with van der Waals surface area (Å²) in [5.41, 5.74) is 9.86. The second-order valence-electron chi connectivity index (χ2n) is 4.30. The molecule has 9 heteroatoms. The van der Waals surface area contributed by atoms with Crippen LogP contribution < -0.4 is 16.8 Å². The molecule has 0 fully saturated rings. The number of nitrogens with two attached hydrogens (primary N) is 2. The third-order valence-corrected chi connectivity index (χ3v) is 2.19. The first-order valence-electron chi connectivity index (χ1n) is 5.50. The molecule has 0 aromatic rings. The van der Waals surface area contributed by atoms with Crippen molar-refractivity contribution in [3.8, 4) is 0 Å². The molecule has 1 unspecified atom stereocenters. The lowest BCUT2D eigenvalue weighted by molar-refractivity contribution is -0.140. The number of hydrogen-bond acceptors (Lipinski definition) is 4. The van der Waals surface area contributed by atoms with E-state index >= 15 is 0 Å². The number of amides is 4. The van der Waals surface area contributed by atoms with E-state index in [1.807, 2.05) is 0 Å². The third kappa shape index (κ3) is 6.24. The molecule has 0 aliphatic rings. The Bertz CT molecular complexity index is 366. The zero-order chi connectivity index (χ0) is 15.2. The van der Waals surface area contributed by atoms with Crippen LogP contribution in [0.1, 0.15) is 13.8 Å². The first kappa shape index (κ1) is 16.7. The maximum Gasteiger partial charge on any atom is 0.326 e. The fourth-order valence-corrected chi connectivity index (χ4v) is 1.31. The van der Waals surface area contributed by atoms with Gasteiger partial charge in [0, 0.05) is 0 Å². The van der Waals surface area contributed by atoms with E-state index in [2.05, 4.69) is 5.32 Å². The van der Waals surface area contributed by atoms with Crippen molar-refractivity contribution in [1.82, 2.24) is 10.2 Å². The summed E-state index contributed by atoms with van der Waals surface area (Å²) in [6.45, 7) is 2.15. The molecule has 0 saturated carbocycles. The summed E-state index contributed by atoms with van der Waals surface area (Å²) in [5, 5.41) is 11.1. The molecule has 0 heterocycles. The Morgan fingerprint density at radius 2 is 1.53 bits per heavy atom. The predicted octanol–water partition coefficient (Wildman–Crippen LogP) is -1.92. The van der Waals surface area contributed by atoms with Crippen LogP contribution in [-0.4, -0.2) is 53.0 Å². The lowest BCUT2D eigenvalue weighted by Gasteiger charge is -2.24. The minimum Gasteiger partial charge on any atom is -0.480 e. The molecule has 0 aromatic heterocycles. The number of carbonyl (C=O) groups excluding carboxylic acids is 3. The van der Waals surface area contributed by atoms with Gasteiger partial charge >= 0.3 is 12.0 Å². The molecule has 0 spiro atoms. The van der Waals surface area contributed by atoms with Gasteiger partial charge in [0.1, 0.15) is 19.1 Å². The van der Waals surface area contributed by atoms with Gasteiger partial charge < -0.3 is 26.8 Å². The topological polar surface area (TPSA) is 156 Å². The number of urea groups is 1. The van der Waals surface area contributed by atoms with Gasteiger partial charge in [-0.05, 0) is 5.92 Å². The Morgan fingerprint density at radius 3 is 1.79 bits per heavy atom. The van der Waals surface area contributed by atoms with Crippen molar-refractivity contribution in [2.75, 3.05) is 13.1 Å². The highest BCUT2D eigenvalue weighted by Crippen LogP contribution is 2.03. The summed E-state index contributed by atoms with van der Waals surface area (Å²) in [6, 6.07) is -2.03. The zero-order valence-electron chi connectivity index (χ0n) is 10.8. The van der Waals surface area contributed by atoms with Crippen LogP contribution in [0, 0.1) is 5.92 Å². The predicted molar refractivity (Wildman–Crippen MR) is 64.8 cm³/mol. The Balaban J connectivity index is 4.83. The summed E-state index contributed by atoms with van der Waals surface area (Å²) >= 11 is 0. The van der Waals surface area contributed by atoms with Crippen LogP contribution in [0.3, 0.4) is 0 Å². The molecule has 0 aliphatic heterocycles. The van der Waals surface area contributed by atoms with E-state index in [1.54, 1.807) is 13.8 Å². The van der Waals surface area contributed by atoms with Crippen molar-refractivity contribution >= 4 is 23.8 Å². The minimum atomic E-state index is -1.22. The number of hydrogen-bond donors (Lipinski definition) is 4. The van der Waals surface area contributed by atoms with Gasteiger partial charge in [0.2, 0.25) is 11.8 Å². The number of carbonyl (C=O) groups is 4. The molecule has 6 N–H and O–H groups in total. The number of carboxylic acid groups (broad SMARTS) is 1. The van der Waals surface area contributed by atoms with E-state index in [1.165, 1.54) is 0 Å². The van der Waals surface area contributed by atoms with Gasteiger partial charge in [0.15, 0.2) is 0 Å². The highest BCUT2D eigenvalue weighted by molar-refractivity contribution is 5.89. The average Bonchev–Trinajstić information content (AvgIpc) is 2.22. The quantitative estimate of drug-likeness (QED) is 0.425. The molecular formula is C10H18N4O5. The monoisotopic (exact) mass is 274 g/mol. The fraction of sp³-hybridized carbons (Fsp3) is 0.600. The maximum absolute atomic E-state index is 11.8. The van der Waals surface area contributed by atoms with Crippen LogP contribution >= 0.6 is 0 Å². The Labute approximate surface area is 109 Å². The molecule has 1 atom stereocenters. The van der Waals surface area contributed by atoms with Crippen LogP contribution in [0.15, 0.2) is 0 Å².